The zero-order valence-electron chi connectivity index (χ0n) is 14.9. The maximum Gasteiger partial charge on any atom is 0.0703 e. The molecular formula is C18H34N4O2. The van der Waals surface area contributed by atoms with E-state index in [0.717, 1.165) is 52.2 Å². The van der Waals surface area contributed by atoms with Crippen LogP contribution >= 0.6 is 0 Å². The van der Waals surface area contributed by atoms with Crippen LogP contribution < -0.4 is 21.5 Å². The molecule has 6 heteroatoms. The van der Waals surface area contributed by atoms with Crippen LogP contribution in [0.3, 0.4) is 0 Å². The van der Waals surface area contributed by atoms with E-state index in [1.807, 2.05) is 0 Å². The fraction of sp³-hybridized carbons (Fsp3) is 1.00. The number of rotatable bonds is 0. The molecule has 7 unspecified atom stereocenters. The van der Waals surface area contributed by atoms with Gasteiger partial charge in [-0.25, -0.2) is 0 Å². The standard InChI is InChI=1S/C18H34N4O2/c1-12-7-16-15-9-17(12)24-5-2-3-19-4-6-23-14-8-13(10-20-11-14)18(15)22-21-16/h12-22H,2-11H2,1H3. The second-order valence-electron chi connectivity index (χ2n) is 8.19. The lowest BCUT2D eigenvalue weighted by Crippen LogP contribution is -2.51. The first-order chi connectivity index (χ1) is 11.8. The van der Waals surface area contributed by atoms with Gasteiger partial charge >= 0.3 is 0 Å². The van der Waals surface area contributed by atoms with Crippen LogP contribution in [0.1, 0.15) is 32.6 Å². The van der Waals surface area contributed by atoms with Gasteiger partial charge in [-0.3, -0.25) is 10.9 Å². The van der Waals surface area contributed by atoms with Gasteiger partial charge in [0.2, 0.25) is 0 Å². The molecule has 7 atom stereocenters. The van der Waals surface area contributed by atoms with E-state index < -0.39 is 0 Å². The Morgan fingerprint density at radius 2 is 1.83 bits per heavy atom. The molecule has 3 saturated heterocycles. The van der Waals surface area contributed by atoms with Crippen LogP contribution in [0.5, 0.6) is 0 Å². The highest BCUT2D eigenvalue weighted by Gasteiger charge is 2.46. The summed E-state index contributed by atoms with van der Waals surface area (Å²) in [4.78, 5) is 0. The molecule has 4 fully saturated rings. The molecule has 4 N–H and O–H groups in total. The monoisotopic (exact) mass is 338 g/mol. The molecule has 4 rings (SSSR count). The molecule has 3 aliphatic heterocycles. The summed E-state index contributed by atoms with van der Waals surface area (Å²) in [5, 5.41) is 7.07. The first-order valence-corrected chi connectivity index (χ1v) is 9.97. The fourth-order valence-corrected chi connectivity index (χ4v) is 5.15. The second-order valence-corrected chi connectivity index (χ2v) is 8.19. The van der Waals surface area contributed by atoms with Gasteiger partial charge in [-0.1, -0.05) is 6.92 Å². The maximum absolute atomic E-state index is 6.29. The van der Waals surface area contributed by atoms with Gasteiger partial charge in [-0.2, -0.15) is 0 Å². The van der Waals surface area contributed by atoms with Crippen LogP contribution in [0.2, 0.25) is 0 Å². The third-order valence-electron chi connectivity index (χ3n) is 6.49. The van der Waals surface area contributed by atoms with Crippen LogP contribution in [0, 0.1) is 17.8 Å². The largest absolute Gasteiger partial charge is 0.378 e. The van der Waals surface area contributed by atoms with E-state index in [1.165, 1.54) is 12.8 Å². The van der Waals surface area contributed by atoms with Crippen LogP contribution in [0.25, 0.3) is 0 Å². The summed E-state index contributed by atoms with van der Waals surface area (Å²) >= 11 is 0. The van der Waals surface area contributed by atoms with Crippen molar-refractivity contribution >= 4 is 0 Å². The predicted octanol–water partition coefficient (Wildman–Crippen LogP) is 0.251. The molecule has 138 valence electrons. The zero-order valence-corrected chi connectivity index (χ0v) is 14.9. The Kier molecular flexibility index (Phi) is 5.71. The molecule has 4 bridgehead atoms. The summed E-state index contributed by atoms with van der Waals surface area (Å²) in [6.07, 6.45) is 5.43. The summed E-state index contributed by atoms with van der Waals surface area (Å²) < 4.78 is 12.4. The number of nitrogens with one attached hydrogen (secondary N) is 4. The third-order valence-corrected chi connectivity index (χ3v) is 6.49. The Morgan fingerprint density at radius 3 is 2.79 bits per heavy atom. The Labute approximate surface area is 145 Å². The van der Waals surface area contributed by atoms with E-state index in [1.54, 1.807) is 0 Å². The number of fused-ring (bicyclic) bond motifs is 4. The molecular weight excluding hydrogens is 304 g/mol. The van der Waals surface area contributed by atoms with E-state index in [9.17, 15) is 0 Å². The average Bonchev–Trinajstić information content (AvgIpc) is 2.99. The Balaban J connectivity index is 1.47. The number of hydrazine groups is 1. The lowest BCUT2D eigenvalue weighted by Gasteiger charge is -2.41. The van der Waals surface area contributed by atoms with Crippen LogP contribution in [0.15, 0.2) is 0 Å². The Bertz CT molecular complexity index is 410. The van der Waals surface area contributed by atoms with Crippen molar-refractivity contribution in [3.05, 3.63) is 0 Å². The number of hydrogen-bond acceptors (Lipinski definition) is 6. The molecule has 1 aliphatic carbocycles. The summed E-state index contributed by atoms with van der Waals surface area (Å²) in [7, 11) is 0. The van der Waals surface area contributed by atoms with Crippen molar-refractivity contribution in [2.24, 2.45) is 17.8 Å². The van der Waals surface area contributed by atoms with Gasteiger partial charge in [0.15, 0.2) is 0 Å². The van der Waals surface area contributed by atoms with E-state index >= 15 is 0 Å². The quantitative estimate of drug-likeness (QED) is 0.508. The van der Waals surface area contributed by atoms with E-state index in [4.69, 9.17) is 9.47 Å². The van der Waals surface area contributed by atoms with Gasteiger partial charge in [0.05, 0.1) is 18.8 Å². The lowest BCUT2D eigenvalue weighted by atomic mass is 9.71. The van der Waals surface area contributed by atoms with Crippen molar-refractivity contribution in [1.29, 1.82) is 0 Å². The molecule has 0 aromatic heterocycles. The SMILES string of the molecule is CC1CC2NNC3C4CNCC(C4)OCCNCCCOC1CC23. The van der Waals surface area contributed by atoms with Crippen LogP contribution in [-0.2, 0) is 9.47 Å². The molecule has 0 aromatic carbocycles. The van der Waals surface area contributed by atoms with E-state index in [2.05, 4.69) is 28.4 Å². The van der Waals surface area contributed by atoms with E-state index in [-0.39, 0.29) is 0 Å². The molecule has 4 aliphatic rings. The summed E-state index contributed by atoms with van der Waals surface area (Å²) in [5.41, 5.74) is 7.24. The van der Waals surface area contributed by atoms with Crippen molar-refractivity contribution < 1.29 is 9.47 Å². The first kappa shape index (κ1) is 17.2. The van der Waals surface area contributed by atoms with Gasteiger partial charge in [-0.15, -0.1) is 0 Å². The van der Waals surface area contributed by atoms with Gasteiger partial charge in [0.1, 0.15) is 0 Å². The van der Waals surface area contributed by atoms with Crippen LogP contribution in [-0.4, -0.2) is 63.7 Å². The normalized spacial score (nSPS) is 47.6. The van der Waals surface area contributed by atoms with Crippen molar-refractivity contribution in [2.75, 3.05) is 39.4 Å². The highest BCUT2D eigenvalue weighted by atomic mass is 16.5. The highest BCUT2D eigenvalue weighted by Crippen LogP contribution is 2.38. The summed E-state index contributed by atoms with van der Waals surface area (Å²) in [6.45, 7) is 8.09. The molecule has 0 spiro atoms. The summed E-state index contributed by atoms with van der Waals surface area (Å²) in [6, 6.07) is 1.14. The third kappa shape index (κ3) is 3.79. The minimum Gasteiger partial charge on any atom is -0.378 e. The predicted molar refractivity (Wildman–Crippen MR) is 93.7 cm³/mol. The van der Waals surface area contributed by atoms with Crippen molar-refractivity contribution in [3.63, 3.8) is 0 Å². The molecule has 3 heterocycles. The maximum atomic E-state index is 6.29. The molecule has 6 nitrogen and oxygen atoms in total. The van der Waals surface area contributed by atoms with Crippen molar-refractivity contribution in [3.8, 4) is 0 Å². The molecule has 24 heavy (non-hydrogen) atoms. The zero-order chi connectivity index (χ0) is 16.4. The molecule has 0 amide bonds. The van der Waals surface area contributed by atoms with Gasteiger partial charge in [0.25, 0.3) is 0 Å². The fourth-order valence-electron chi connectivity index (χ4n) is 5.15. The number of ether oxygens (including phenoxy) is 2. The molecule has 1 saturated carbocycles. The molecule has 0 radical (unpaired) electrons. The minimum atomic E-state index is 0.353. The number of hydrogen-bond donors (Lipinski definition) is 4. The van der Waals surface area contributed by atoms with Crippen LogP contribution in [0.4, 0.5) is 0 Å². The Morgan fingerprint density at radius 1 is 0.875 bits per heavy atom. The topological polar surface area (TPSA) is 66.6 Å². The smallest absolute Gasteiger partial charge is 0.0703 e. The molecule has 0 aromatic rings. The lowest BCUT2D eigenvalue weighted by molar-refractivity contribution is -0.0306. The second kappa shape index (κ2) is 7.98. The van der Waals surface area contributed by atoms with Gasteiger partial charge < -0.3 is 20.1 Å². The minimum absolute atomic E-state index is 0.353. The van der Waals surface area contributed by atoms with Gasteiger partial charge in [0, 0.05) is 31.8 Å². The Hall–Kier alpha value is -0.240. The first-order valence-electron chi connectivity index (χ1n) is 9.97. The highest BCUT2D eigenvalue weighted by molar-refractivity contribution is 5.01. The van der Waals surface area contributed by atoms with Gasteiger partial charge in [-0.05, 0) is 56.5 Å². The average molecular weight is 338 g/mol. The number of piperidine rings is 1. The van der Waals surface area contributed by atoms with Crippen molar-refractivity contribution in [2.45, 2.75) is 56.9 Å². The summed E-state index contributed by atoms with van der Waals surface area (Å²) in [5.74, 6) is 1.96. The van der Waals surface area contributed by atoms with Crippen molar-refractivity contribution in [1.82, 2.24) is 21.5 Å². The van der Waals surface area contributed by atoms with E-state index in [0.29, 0.717) is 42.0 Å².